The lowest BCUT2D eigenvalue weighted by Gasteiger charge is -2.09. The third kappa shape index (κ3) is 4.63. The van der Waals surface area contributed by atoms with Crippen molar-refractivity contribution < 1.29 is 14.3 Å². The molecule has 0 heterocycles. The van der Waals surface area contributed by atoms with Crippen molar-refractivity contribution >= 4 is 34.8 Å². The van der Waals surface area contributed by atoms with Gasteiger partial charge >= 0.3 is 0 Å². The predicted octanol–water partition coefficient (Wildman–Crippen LogP) is 4.27. The number of anilines is 1. The SMILES string of the molecule is COCCOc1ccc(C(=O)Nc2ccc(Cl)cc2Cl)cc1. The molecule has 0 bridgehead atoms. The predicted molar refractivity (Wildman–Crippen MR) is 88.2 cm³/mol. The van der Waals surface area contributed by atoms with Crippen molar-refractivity contribution in [2.24, 2.45) is 0 Å². The highest BCUT2D eigenvalue weighted by Gasteiger charge is 2.09. The van der Waals surface area contributed by atoms with Crippen LogP contribution >= 0.6 is 23.2 Å². The molecule has 0 fully saturated rings. The van der Waals surface area contributed by atoms with E-state index in [1.54, 1.807) is 49.6 Å². The summed E-state index contributed by atoms with van der Waals surface area (Å²) in [5.74, 6) is 0.422. The van der Waals surface area contributed by atoms with E-state index in [0.717, 1.165) is 0 Å². The van der Waals surface area contributed by atoms with E-state index in [4.69, 9.17) is 32.7 Å². The fourth-order valence-electron chi connectivity index (χ4n) is 1.73. The molecule has 6 heteroatoms. The number of carbonyl (C=O) groups is 1. The largest absolute Gasteiger partial charge is 0.491 e. The maximum atomic E-state index is 12.2. The fourth-order valence-corrected chi connectivity index (χ4v) is 2.19. The Labute approximate surface area is 138 Å². The van der Waals surface area contributed by atoms with Crippen molar-refractivity contribution in [2.45, 2.75) is 0 Å². The second kappa shape index (κ2) is 8.03. The number of hydrogen-bond donors (Lipinski definition) is 1. The summed E-state index contributed by atoms with van der Waals surface area (Å²) < 4.78 is 10.3. The molecule has 0 aliphatic rings. The molecule has 2 rings (SSSR count). The van der Waals surface area contributed by atoms with E-state index in [2.05, 4.69) is 5.32 Å². The molecule has 0 radical (unpaired) electrons. The molecule has 0 saturated carbocycles. The van der Waals surface area contributed by atoms with Crippen LogP contribution in [0.4, 0.5) is 5.69 Å². The van der Waals surface area contributed by atoms with Crippen LogP contribution in [0.1, 0.15) is 10.4 Å². The Morgan fingerprint density at radius 3 is 2.45 bits per heavy atom. The molecule has 2 aromatic carbocycles. The second-order valence-electron chi connectivity index (χ2n) is 4.44. The highest BCUT2D eigenvalue weighted by atomic mass is 35.5. The van der Waals surface area contributed by atoms with Crippen LogP contribution in [0.2, 0.25) is 10.0 Å². The Bertz CT molecular complexity index is 644. The van der Waals surface area contributed by atoms with Gasteiger partial charge in [-0.15, -0.1) is 0 Å². The third-order valence-electron chi connectivity index (χ3n) is 2.85. The minimum Gasteiger partial charge on any atom is -0.491 e. The number of ether oxygens (including phenoxy) is 2. The van der Waals surface area contributed by atoms with Crippen LogP contribution in [0.3, 0.4) is 0 Å². The summed E-state index contributed by atoms with van der Waals surface area (Å²) in [6, 6.07) is 11.7. The Kier molecular flexibility index (Phi) is 6.07. The molecule has 0 atom stereocenters. The number of hydrogen-bond acceptors (Lipinski definition) is 3. The van der Waals surface area contributed by atoms with Gasteiger partial charge in [-0.25, -0.2) is 0 Å². The van der Waals surface area contributed by atoms with E-state index in [0.29, 0.717) is 40.3 Å². The van der Waals surface area contributed by atoms with Gasteiger partial charge in [0.25, 0.3) is 5.91 Å². The zero-order valence-electron chi connectivity index (χ0n) is 11.9. The van der Waals surface area contributed by atoms with E-state index in [-0.39, 0.29) is 5.91 Å². The highest BCUT2D eigenvalue weighted by molar-refractivity contribution is 6.36. The molecule has 116 valence electrons. The first-order chi connectivity index (χ1) is 10.6. The molecule has 0 aliphatic heterocycles. The van der Waals surface area contributed by atoms with Crippen molar-refractivity contribution in [1.29, 1.82) is 0 Å². The van der Waals surface area contributed by atoms with Gasteiger partial charge in [0, 0.05) is 17.7 Å². The number of carbonyl (C=O) groups excluding carboxylic acids is 1. The van der Waals surface area contributed by atoms with Crippen LogP contribution in [0.25, 0.3) is 0 Å². The van der Waals surface area contributed by atoms with Gasteiger partial charge < -0.3 is 14.8 Å². The standard InChI is InChI=1S/C16H15Cl2NO3/c1-21-8-9-22-13-5-2-11(3-6-13)16(20)19-15-7-4-12(17)10-14(15)18/h2-7,10H,8-9H2,1H3,(H,19,20). The molecule has 0 spiro atoms. The summed E-state index contributed by atoms with van der Waals surface area (Å²) in [7, 11) is 1.61. The quantitative estimate of drug-likeness (QED) is 0.799. The molecular formula is C16H15Cl2NO3. The lowest BCUT2D eigenvalue weighted by molar-refractivity contribution is 0.102. The fraction of sp³-hybridized carbons (Fsp3) is 0.188. The lowest BCUT2D eigenvalue weighted by atomic mass is 10.2. The number of methoxy groups -OCH3 is 1. The van der Waals surface area contributed by atoms with Gasteiger partial charge in [-0.3, -0.25) is 4.79 Å². The van der Waals surface area contributed by atoms with Gasteiger partial charge in [0.2, 0.25) is 0 Å². The molecule has 1 amide bonds. The number of rotatable bonds is 6. The first-order valence-corrected chi connectivity index (χ1v) is 7.34. The van der Waals surface area contributed by atoms with Gasteiger partial charge in [0.05, 0.1) is 17.3 Å². The number of halogens is 2. The molecule has 2 aromatic rings. The summed E-state index contributed by atoms with van der Waals surface area (Å²) in [5, 5.41) is 3.64. The van der Waals surface area contributed by atoms with E-state index < -0.39 is 0 Å². The molecule has 0 aliphatic carbocycles. The van der Waals surface area contributed by atoms with Gasteiger partial charge in [-0.1, -0.05) is 23.2 Å². The maximum absolute atomic E-state index is 12.2. The van der Waals surface area contributed by atoms with Crippen LogP contribution in [-0.2, 0) is 4.74 Å². The highest BCUT2D eigenvalue weighted by Crippen LogP contribution is 2.26. The minimum atomic E-state index is -0.257. The summed E-state index contributed by atoms with van der Waals surface area (Å²) in [6.45, 7) is 0.972. The number of benzene rings is 2. The van der Waals surface area contributed by atoms with Gasteiger partial charge in [-0.2, -0.15) is 0 Å². The summed E-state index contributed by atoms with van der Waals surface area (Å²) in [6.07, 6.45) is 0. The van der Waals surface area contributed by atoms with E-state index >= 15 is 0 Å². The third-order valence-corrected chi connectivity index (χ3v) is 3.40. The van der Waals surface area contributed by atoms with Crippen LogP contribution < -0.4 is 10.1 Å². The van der Waals surface area contributed by atoms with Crippen LogP contribution in [0.15, 0.2) is 42.5 Å². The summed E-state index contributed by atoms with van der Waals surface area (Å²) in [5.41, 5.74) is 1.02. The molecule has 1 N–H and O–H groups in total. The van der Waals surface area contributed by atoms with E-state index in [1.807, 2.05) is 0 Å². The van der Waals surface area contributed by atoms with Crippen molar-refractivity contribution in [3.8, 4) is 5.75 Å². The smallest absolute Gasteiger partial charge is 0.255 e. The van der Waals surface area contributed by atoms with E-state index in [1.165, 1.54) is 0 Å². The monoisotopic (exact) mass is 339 g/mol. The minimum absolute atomic E-state index is 0.257. The van der Waals surface area contributed by atoms with Crippen molar-refractivity contribution in [2.75, 3.05) is 25.6 Å². The van der Waals surface area contributed by atoms with Gasteiger partial charge in [0.1, 0.15) is 12.4 Å². The van der Waals surface area contributed by atoms with Gasteiger partial charge in [-0.05, 0) is 42.5 Å². The average molecular weight is 340 g/mol. The Balaban J connectivity index is 2.00. The zero-order valence-corrected chi connectivity index (χ0v) is 13.4. The first-order valence-electron chi connectivity index (χ1n) is 6.58. The number of nitrogens with one attached hydrogen (secondary N) is 1. The molecule has 22 heavy (non-hydrogen) atoms. The van der Waals surface area contributed by atoms with Crippen LogP contribution in [0.5, 0.6) is 5.75 Å². The van der Waals surface area contributed by atoms with Crippen molar-refractivity contribution in [3.05, 3.63) is 58.1 Å². The van der Waals surface area contributed by atoms with Crippen LogP contribution in [0, 0.1) is 0 Å². The van der Waals surface area contributed by atoms with E-state index in [9.17, 15) is 4.79 Å². The van der Waals surface area contributed by atoms with Crippen molar-refractivity contribution in [1.82, 2.24) is 0 Å². The number of amides is 1. The van der Waals surface area contributed by atoms with Gasteiger partial charge in [0.15, 0.2) is 0 Å². The molecular weight excluding hydrogens is 325 g/mol. The topological polar surface area (TPSA) is 47.6 Å². The second-order valence-corrected chi connectivity index (χ2v) is 5.29. The molecule has 0 saturated heterocycles. The van der Waals surface area contributed by atoms with Crippen molar-refractivity contribution in [3.63, 3.8) is 0 Å². The Morgan fingerprint density at radius 1 is 1.09 bits per heavy atom. The van der Waals surface area contributed by atoms with Crippen LogP contribution in [-0.4, -0.2) is 26.2 Å². The maximum Gasteiger partial charge on any atom is 0.255 e. The molecule has 4 nitrogen and oxygen atoms in total. The summed E-state index contributed by atoms with van der Waals surface area (Å²) >= 11 is 11.8. The Morgan fingerprint density at radius 2 is 1.82 bits per heavy atom. The normalized spacial score (nSPS) is 10.3. The summed E-state index contributed by atoms with van der Waals surface area (Å²) in [4.78, 5) is 12.2. The average Bonchev–Trinajstić information content (AvgIpc) is 2.51. The Hall–Kier alpha value is -1.75. The lowest BCUT2D eigenvalue weighted by Crippen LogP contribution is -2.12. The first kappa shape index (κ1) is 16.6. The molecule has 0 unspecified atom stereocenters. The zero-order chi connectivity index (χ0) is 15.9. The molecule has 0 aromatic heterocycles.